The van der Waals surface area contributed by atoms with Crippen LogP contribution in [0.4, 0.5) is 5.69 Å². The van der Waals surface area contributed by atoms with Gasteiger partial charge in [-0.2, -0.15) is 0 Å². The first-order chi connectivity index (χ1) is 14.1. The zero-order chi connectivity index (χ0) is 20.2. The minimum absolute atomic E-state index is 0. The molecule has 3 aromatic rings. The molecule has 2 heterocycles. The average molecular weight is 425 g/mol. The van der Waals surface area contributed by atoms with Crippen molar-refractivity contribution in [2.24, 2.45) is 4.99 Å². The van der Waals surface area contributed by atoms with Crippen molar-refractivity contribution in [3.8, 4) is 5.69 Å². The maximum atomic E-state index is 12.3. The molecule has 0 aliphatic carbocycles. The summed E-state index contributed by atoms with van der Waals surface area (Å²) in [5, 5.41) is 13.9. The number of amides is 1. The van der Waals surface area contributed by atoms with Crippen LogP contribution in [0.2, 0.25) is 0 Å². The number of benzene rings is 2. The van der Waals surface area contributed by atoms with Crippen molar-refractivity contribution in [1.82, 2.24) is 9.88 Å². The topological polar surface area (TPSA) is 86.5 Å². The SMILES string of the molecule is O=C([O-])Cc1ccc(N=C2NC(=O)C(=Cc3ccc(-n4cccc4)cc3)S2)cc1.[Na+]. The van der Waals surface area contributed by atoms with Crippen LogP contribution in [0.15, 0.2) is 83.0 Å². The van der Waals surface area contributed by atoms with E-state index in [0.717, 1.165) is 11.3 Å². The van der Waals surface area contributed by atoms with Crippen molar-refractivity contribution < 1.29 is 44.3 Å². The maximum Gasteiger partial charge on any atom is 1.00 e. The average Bonchev–Trinajstić information content (AvgIpc) is 3.34. The minimum Gasteiger partial charge on any atom is -0.550 e. The second kappa shape index (κ2) is 9.95. The zero-order valence-corrected chi connectivity index (χ0v) is 19.1. The Labute approximate surface area is 200 Å². The number of aliphatic carboxylic acids is 1. The molecule has 1 aliphatic heterocycles. The summed E-state index contributed by atoms with van der Waals surface area (Å²) in [5.74, 6) is -1.32. The van der Waals surface area contributed by atoms with Gasteiger partial charge in [0.25, 0.3) is 5.91 Å². The van der Waals surface area contributed by atoms with Crippen LogP contribution in [0.5, 0.6) is 0 Å². The van der Waals surface area contributed by atoms with Crippen molar-refractivity contribution >= 4 is 40.6 Å². The predicted octanol–water partition coefficient (Wildman–Crippen LogP) is -0.335. The Hall–Kier alpha value is -2.58. The fourth-order valence-corrected chi connectivity index (χ4v) is 3.70. The number of hydrogen-bond acceptors (Lipinski definition) is 5. The second-order valence-electron chi connectivity index (χ2n) is 6.38. The molecule has 1 aromatic heterocycles. The number of thioether (sulfide) groups is 1. The van der Waals surface area contributed by atoms with E-state index < -0.39 is 5.97 Å². The molecule has 2 aromatic carbocycles. The Kier molecular flexibility index (Phi) is 7.33. The number of carbonyl (C=O) groups excluding carboxylic acids is 2. The molecular formula is C22H16N3NaO3S. The van der Waals surface area contributed by atoms with Gasteiger partial charge in [-0.25, -0.2) is 4.99 Å². The van der Waals surface area contributed by atoms with E-state index in [1.807, 2.05) is 59.4 Å². The van der Waals surface area contributed by atoms with Gasteiger partial charge >= 0.3 is 29.6 Å². The summed E-state index contributed by atoms with van der Waals surface area (Å²) < 4.78 is 2.01. The van der Waals surface area contributed by atoms with E-state index in [0.29, 0.717) is 21.3 Å². The number of nitrogens with one attached hydrogen (secondary N) is 1. The van der Waals surface area contributed by atoms with E-state index in [1.165, 1.54) is 11.8 Å². The first-order valence-electron chi connectivity index (χ1n) is 8.89. The first-order valence-corrected chi connectivity index (χ1v) is 9.70. The molecule has 0 radical (unpaired) electrons. The van der Waals surface area contributed by atoms with Crippen LogP contribution in [0, 0.1) is 0 Å². The summed E-state index contributed by atoms with van der Waals surface area (Å²) in [6, 6.07) is 18.6. The second-order valence-corrected chi connectivity index (χ2v) is 7.41. The molecule has 4 rings (SSSR count). The molecule has 1 fully saturated rings. The summed E-state index contributed by atoms with van der Waals surface area (Å²) >= 11 is 1.27. The molecule has 8 heteroatoms. The predicted molar refractivity (Wildman–Crippen MR) is 112 cm³/mol. The molecule has 6 nitrogen and oxygen atoms in total. The number of carboxylic acid groups (broad SMARTS) is 1. The third-order valence-electron chi connectivity index (χ3n) is 4.26. The molecule has 0 bridgehead atoms. The molecular weight excluding hydrogens is 409 g/mol. The number of amidine groups is 1. The number of carbonyl (C=O) groups is 2. The summed E-state index contributed by atoms with van der Waals surface area (Å²) in [7, 11) is 0. The number of rotatable bonds is 5. The fraction of sp³-hybridized carbons (Fsp3) is 0.0455. The summed E-state index contributed by atoms with van der Waals surface area (Å²) in [6.45, 7) is 0. The Bertz CT molecular complexity index is 1110. The van der Waals surface area contributed by atoms with E-state index in [2.05, 4.69) is 10.3 Å². The van der Waals surface area contributed by atoms with Crippen molar-refractivity contribution in [2.75, 3.05) is 0 Å². The van der Waals surface area contributed by atoms with Crippen LogP contribution in [-0.4, -0.2) is 21.6 Å². The van der Waals surface area contributed by atoms with Gasteiger partial charge in [0.05, 0.1) is 10.6 Å². The van der Waals surface area contributed by atoms with Gasteiger partial charge in [0.15, 0.2) is 5.17 Å². The molecule has 1 N–H and O–H groups in total. The van der Waals surface area contributed by atoms with Gasteiger partial charge in [-0.05, 0) is 65.4 Å². The van der Waals surface area contributed by atoms with Crippen LogP contribution in [0.3, 0.4) is 0 Å². The maximum absolute atomic E-state index is 12.3. The van der Waals surface area contributed by atoms with Gasteiger partial charge in [0.1, 0.15) is 0 Å². The first kappa shape index (κ1) is 22.1. The molecule has 30 heavy (non-hydrogen) atoms. The van der Waals surface area contributed by atoms with E-state index >= 15 is 0 Å². The minimum atomic E-state index is -1.13. The molecule has 1 aliphatic rings. The molecule has 0 saturated carbocycles. The number of carboxylic acids is 1. The molecule has 0 unspecified atom stereocenters. The van der Waals surface area contributed by atoms with Crippen molar-refractivity contribution in [3.05, 3.63) is 89.1 Å². The van der Waals surface area contributed by atoms with E-state index in [1.54, 1.807) is 24.3 Å². The van der Waals surface area contributed by atoms with Gasteiger partial charge in [0, 0.05) is 30.5 Å². The van der Waals surface area contributed by atoms with Gasteiger partial charge < -0.3 is 19.8 Å². The number of aliphatic imine (C=N–C) groups is 1. The summed E-state index contributed by atoms with van der Waals surface area (Å²) in [5.41, 5.74) is 3.24. The Morgan fingerprint density at radius 3 is 2.37 bits per heavy atom. The Morgan fingerprint density at radius 2 is 1.73 bits per heavy atom. The van der Waals surface area contributed by atoms with E-state index in [9.17, 15) is 14.7 Å². The zero-order valence-electron chi connectivity index (χ0n) is 16.2. The normalized spacial score (nSPS) is 15.8. The van der Waals surface area contributed by atoms with Crippen LogP contribution >= 0.6 is 11.8 Å². The fourth-order valence-electron chi connectivity index (χ4n) is 2.85. The third-order valence-corrected chi connectivity index (χ3v) is 5.17. The summed E-state index contributed by atoms with van der Waals surface area (Å²) in [6.07, 6.45) is 5.63. The Balaban J connectivity index is 0.00000256. The smallest absolute Gasteiger partial charge is 0.550 e. The largest absolute Gasteiger partial charge is 1.00 e. The van der Waals surface area contributed by atoms with Crippen molar-refractivity contribution in [2.45, 2.75) is 6.42 Å². The van der Waals surface area contributed by atoms with Gasteiger partial charge in [-0.15, -0.1) is 0 Å². The standard InChI is InChI=1S/C22H17N3O3S.Na/c26-20(27)14-16-3-7-17(8-4-16)23-22-24-21(28)19(29-22)13-15-5-9-18(10-6-15)25-11-1-2-12-25;/h1-13H,14H2,(H,26,27)(H,23,24,28);/q;+1/p-1. The van der Waals surface area contributed by atoms with E-state index in [-0.39, 0.29) is 41.9 Å². The van der Waals surface area contributed by atoms with Crippen LogP contribution < -0.4 is 40.0 Å². The quantitative estimate of drug-likeness (QED) is 0.448. The number of nitrogens with zero attached hydrogens (tertiary/aromatic N) is 2. The third kappa shape index (κ3) is 5.52. The van der Waals surface area contributed by atoms with Crippen molar-refractivity contribution in [1.29, 1.82) is 0 Å². The molecule has 0 spiro atoms. The van der Waals surface area contributed by atoms with Crippen LogP contribution in [-0.2, 0) is 16.0 Å². The van der Waals surface area contributed by atoms with Gasteiger partial charge in [0.2, 0.25) is 0 Å². The monoisotopic (exact) mass is 425 g/mol. The van der Waals surface area contributed by atoms with Crippen LogP contribution in [0.1, 0.15) is 11.1 Å². The van der Waals surface area contributed by atoms with Gasteiger partial charge in [-0.3, -0.25) is 4.79 Å². The van der Waals surface area contributed by atoms with Crippen molar-refractivity contribution in [3.63, 3.8) is 0 Å². The number of aromatic nitrogens is 1. The Morgan fingerprint density at radius 1 is 1.07 bits per heavy atom. The summed E-state index contributed by atoms with van der Waals surface area (Å²) in [4.78, 5) is 27.9. The molecule has 144 valence electrons. The van der Waals surface area contributed by atoms with E-state index in [4.69, 9.17) is 0 Å². The van der Waals surface area contributed by atoms with Gasteiger partial charge in [-0.1, -0.05) is 24.3 Å². The van der Waals surface area contributed by atoms with Crippen LogP contribution in [0.25, 0.3) is 11.8 Å². The molecule has 0 atom stereocenters. The molecule has 1 amide bonds. The molecule has 1 saturated heterocycles. The number of hydrogen-bond donors (Lipinski definition) is 1.